The molecule has 70 valence electrons. The second kappa shape index (κ2) is 3.10. The summed E-state index contributed by atoms with van der Waals surface area (Å²) in [5, 5.41) is 13.8. The van der Waals surface area contributed by atoms with E-state index in [9.17, 15) is 5.11 Å². The molecule has 0 radical (unpaired) electrons. The van der Waals surface area contributed by atoms with Crippen LogP contribution in [0.2, 0.25) is 10.0 Å². The van der Waals surface area contributed by atoms with Crippen LogP contribution in [-0.2, 0) is 5.60 Å². The maximum atomic E-state index is 9.98. The Hall–Kier alpha value is -0.350. The lowest BCUT2D eigenvalue weighted by Gasteiger charge is -2.38. The number of nitrogens with one attached hydrogen (secondary N) is 1. The van der Waals surface area contributed by atoms with Crippen molar-refractivity contribution in [1.29, 1.82) is 0 Å². The Morgan fingerprint density at radius 3 is 2.23 bits per heavy atom. The van der Waals surface area contributed by atoms with E-state index in [1.165, 1.54) is 12.4 Å². The van der Waals surface area contributed by atoms with Gasteiger partial charge in [0.25, 0.3) is 0 Å². The molecule has 2 rings (SSSR count). The fourth-order valence-electron chi connectivity index (χ4n) is 1.39. The molecular formula is C8H8Cl2N2O. The van der Waals surface area contributed by atoms with E-state index in [-0.39, 0.29) is 0 Å². The van der Waals surface area contributed by atoms with Crippen LogP contribution in [0.25, 0.3) is 0 Å². The van der Waals surface area contributed by atoms with Crippen molar-refractivity contribution in [3.8, 4) is 0 Å². The molecule has 1 aromatic heterocycles. The van der Waals surface area contributed by atoms with Crippen molar-refractivity contribution in [3.63, 3.8) is 0 Å². The normalized spacial score (nSPS) is 19.6. The van der Waals surface area contributed by atoms with E-state index >= 15 is 0 Å². The van der Waals surface area contributed by atoms with Crippen LogP contribution < -0.4 is 5.32 Å². The average Bonchev–Trinajstić information content (AvgIpc) is 2.01. The van der Waals surface area contributed by atoms with Gasteiger partial charge >= 0.3 is 0 Å². The Morgan fingerprint density at radius 1 is 1.31 bits per heavy atom. The number of aromatic nitrogens is 1. The number of nitrogens with zero attached hydrogens (tertiary/aromatic N) is 1. The maximum absolute atomic E-state index is 9.98. The molecule has 13 heavy (non-hydrogen) atoms. The van der Waals surface area contributed by atoms with Gasteiger partial charge in [-0.3, -0.25) is 4.98 Å². The van der Waals surface area contributed by atoms with Crippen LogP contribution in [0.5, 0.6) is 0 Å². The molecule has 0 atom stereocenters. The van der Waals surface area contributed by atoms with Gasteiger partial charge in [-0.25, -0.2) is 0 Å². The number of aliphatic hydroxyl groups is 1. The van der Waals surface area contributed by atoms with Crippen molar-refractivity contribution in [1.82, 2.24) is 10.3 Å². The van der Waals surface area contributed by atoms with Crippen LogP contribution in [-0.4, -0.2) is 23.2 Å². The molecule has 0 aromatic carbocycles. The van der Waals surface area contributed by atoms with E-state index in [2.05, 4.69) is 10.3 Å². The molecule has 0 bridgehead atoms. The zero-order chi connectivity index (χ0) is 9.47. The van der Waals surface area contributed by atoms with E-state index in [4.69, 9.17) is 23.2 Å². The van der Waals surface area contributed by atoms with Crippen molar-refractivity contribution in [3.05, 3.63) is 28.0 Å². The van der Waals surface area contributed by atoms with Gasteiger partial charge in [0.2, 0.25) is 0 Å². The van der Waals surface area contributed by atoms with Crippen molar-refractivity contribution in [2.45, 2.75) is 5.60 Å². The van der Waals surface area contributed by atoms with Gasteiger partial charge in [-0.1, -0.05) is 23.2 Å². The van der Waals surface area contributed by atoms with Gasteiger partial charge in [0.05, 0.1) is 10.0 Å². The smallest absolute Gasteiger partial charge is 0.117 e. The summed E-state index contributed by atoms with van der Waals surface area (Å²) >= 11 is 11.8. The average molecular weight is 219 g/mol. The third-order valence-corrected chi connectivity index (χ3v) is 2.73. The SMILES string of the molecule is OC1(c2c(Cl)cncc2Cl)CNC1. The first kappa shape index (κ1) is 9.21. The molecule has 5 heteroatoms. The summed E-state index contributed by atoms with van der Waals surface area (Å²) in [6.07, 6.45) is 2.97. The van der Waals surface area contributed by atoms with E-state index in [0.29, 0.717) is 28.7 Å². The fourth-order valence-corrected chi connectivity index (χ4v) is 2.11. The first-order valence-corrected chi connectivity index (χ1v) is 4.62. The van der Waals surface area contributed by atoms with Crippen LogP contribution >= 0.6 is 23.2 Å². The molecular weight excluding hydrogens is 211 g/mol. The third-order valence-electron chi connectivity index (χ3n) is 2.15. The summed E-state index contributed by atoms with van der Waals surface area (Å²) < 4.78 is 0. The largest absolute Gasteiger partial charge is 0.382 e. The molecule has 0 aliphatic carbocycles. The summed E-state index contributed by atoms with van der Waals surface area (Å²) in [6.45, 7) is 0.965. The predicted molar refractivity (Wildman–Crippen MR) is 51.0 cm³/mol. The molecule has 1 aliphatic heterocycles. The van der Waals surface area contributed by atoms with Gasteiger partial charge in [-0.2, -0.15) is 0 Å². The Labute approximate surface area is 85.7 Å². The molecule has 3 nitrogen and oxygen atoms in total. The Morgan fingerprint density at radius 2 is 1.85 bits per heavy atom. The Bertz CT molecular complexity index is 319. The minimum atomic E-state index is -0.920. The van der Waals surface area contributed by atoms with Crippen molar-refractivity contribution in [2.75, 3.05) is 13.1 Å². The third kappa shape index (κ3) is 1.42. The lowest BCUT2D eigenvalue weighted by molar-refractivity contribution is -0.0145. The summed E-state index contributed by atoms with van der Waals surface area (Å²) in [5.41, 5.74) is -0.346. The Kier molecular flexibility index (Phi) is 2.20. The van der Waals surface area contributed by atoms with E-state index in [1.54, 1.807) is 0 Å². The number of halogens is 2. The second-order valence-corrected chi connectivity index (χ2v) is 3.93. The highest BCUT2D eigenvalue weighted by Gasteiger charge is 2.39. The van der Waals surface area contributed by atoms with Crippen LogP contribution in [0.3, 0.4) is 0 Å². The monoisotopic (exact) mass is 218 g/mol. The zero-order valence-corrected chi connectivity index (χ0v) is 8.23. The van der Waals surface area contributed by atoms with Crippen LogP contribution in [0.1, 0.15) is 5.56 Å². The van der Waals surface area contributed by atoms with Gasteiger partial charge in [-0.15, -0.1) is 0 Å². The van der Waals surface area contributed by atoms with Gasteiger partial charge in [0, 0.05) is 31.0 Å². The lowest BCUT2D eigenvalue weighted by Crippen LogP contribution is -2.57. The lowest BCUT2D eigenvalue weighted by atomic mass is 9.89. The van der Waals surface area contributed by atoms with E-state index in [1.807, 2.05) is 0 Å². The van der Waals surface area contributed by atoms with Crippen LogP contribution in [0.15, 0.2) is 12.4 Å². The molecule has 1 saturated heterocycles. The van der Waals surface area contributed by atoms with Crippen LogP contribution in [0.4, 0.5) is 0 Å². The molecule has 1 aromatic rings. The number of hydrogen-bond donors (Lipinski definition) is 2. The predicted octanol–water partition coefficient (Wildman–Crippen LogP) is 1.18. The van der Waals surface area contributed by atoms with Crippen molar-refractivity contribution < 1.29 is 5.11 Å². The summed E-state index contributed by atoms with van der Waals surface area (Å²) in [5.74, 6) is 0. The molecule has 0 amide bonds. The van der Waals surface area contributed by atoms with Gasteiger partial charge < -0.3 is 10.4 Å². The number of β-amino-alcohol motifs (C(OH)–C–C–N with tert-alkyl or cyclic N) is 1. The highest BCUT2D eigenvalue weighted by Crippen LogP contribution is 2.35. The van der Waals surface area contributed by atoms with E-state index < -0.39 is 5.60 Å². The molecule has 0 spiro atoms. The van der Waals surface area contributed by atoms with Crippen molar-refractivity contribution >= 4 is 23.2 Å². The minimum Gasteiger partial charge on any atom is -0.382 e. The quantitative estimate of drug-likeness (QED) is 0.745. The molecule has 1 aliphatic rings. The molecule has 0 unspecified atom stereocenters. The molecule has 2 N–H and O–H groups in total. The number of hydrogen-bond acceptors (Lipinski definition) is 3. The number of rotatable bonds is 1. The van der Waals surface area contributed by atoms with Crippen molar-refractivity contribution in [2.24, 2.45) is 0 Å². The zero-order valence-electron chi connectivity index (χ0n) is 6.72. The van der Waals surface area contributed by atoms with Gasteiger partial charge in [0.1, 0.15) is 5.60 Å². The minimum absolute atomic E-state index is 0.413. The summed E-state index contributed by atoms with van der Waals surface area (Å²) in [7, 11) is 0. The first-order valence-electron chi connectivity index (χ1n) is 3.86. The topological polar surface area (TPSA) is 45.2 Å². The molecule has 0 saturated carbocycles. The fraction of sp³-hybridized carbons (Fsp3) is 0.375. The molecule has 1 fully saturated rings. The van der Waals surface area contributed by atoms with Gasteiger partial charge in [0.15, 0.2) is 0 Å². The summed E-state index contributed by atoms with van der Waals surface area (Å²) in [6, 6.07) is 0. The van der Waals surface area contributed by atoms with Crippen LogP contribution in [0, 0.1) is 0 Å². The van der Waals surface area contributed by atoms with E-state index in [0.717, 1.165) is 0 Å². The first-order chi connectivity index (χ1) is 6.13. The highest BCUT2D eigenvalue weighted by atomic mass is 35.5. The van der Waals surface area contributed by atoms with Gasteiger partial charge in [-0.05, 0) is 0 Å². The molecule has 2 heterocycles. The number of pyridine rings is 1. The Balaban J connectivity index is 2.49. The highest BCUT2D eigenvalue weighted by molar-refractivity contribution is 6.36. The standard InChI is InChI=1S/C8H8Cl2N2O/c9-5-1-11-2-6(10)7(5)8(13)3-12-4-8/h1-2,12-13H,3-4H2. The second-order valence-electron chi connectivity index (χ2n) is 3.11. The summed E-state index contributed by atoms with van der Waals surface area (Å²) in [4.78, 5) is 3.82. The maximum Gasteiger partial charge on any atom is 0.117 e.